The molecule has 11 rings (SSSR count). The van der Waals surface area contributed by atoms with E-state index in [4.69, 9.17) is 22.7 Å². The molecule has 0 unspecified atom stereocenters. The lowest BCUT2D eigenvalue weighted by molar-refractivity contribution is 0.462. The van der Waals surface area contributed by atoms with E-state index in [1.807, 2.05) is 111 Å². The van der Waals surface area contributed by atoms with E-state index in [2.05, 4.69) is 73.6 Å². The van der Waals surface area contributed by atoms with Crippen molar-refractivity contribution in [2.45, 2.75) is 65.7 Å². The van der Waals surface area contributed by atoms with Gasteiger partial charge in [0, 0.05) is 52.0 Å². The molecule has 0 spiro atoms. The third kappa shape index (κ3) is 8.23. The molecule has 0 N–H and O–H groups in total. The molecule has 0 fully saturated rings. The molecule has 0 bridgehead atoms. The molecule has 346 valence electrons. The summed E-state index contributed by atoms with van der Waals surface area (Å²) in [6.45, 7) is 14.7. The molecule has 0 saturated carbocycles. The summed E-state index contributed by atoms with van der Waals surface area (Å²) in [5.41, 5.74) is 6.90. The van der Waals surface area contributed by atoms with E-state index >= 15 is 0 Å². The summed E-state index contributed by atoms with van der Waals surface area (Å²) in [5.74, 6) is 3.82. The van der Waals surface area contributed by atoms with E-state index < -0.39 is 65.8 Å². The maximum Gasteiger partial charge on any atom is 0.141 e. The Morgan fingerprint density at radius 3 is 1.79 bits per heavy atom. The number of hydrogen-bond donors (Lipinski definition) is 0. The third-order valence-electron chi connectivity index (χ3n) is 13.0. The number of ether oxygens (including phenoxy) is 2. The minimum absolute atomic E-state index is 0.0856. The van der Waals surface area contributed by atoms with Crippen molar-refractivity contribution in [1.29, 1.82) is 0 Å². The second kappa shape index (κ2) is 18.1. The molecule has 6 heteroatoms. The average molecular weight is 925 g/mol. The number of aromatic nitrogens is 2. The molecule has 0 radical (unpaired) electrons. The minimum Gasteiger partial charge on any atom is -0.457 e. The van der Waals surface area contributed by atoms with Crippen LogP contribution in [0, 0.1) is 0 Å². The molecular weight excluding hydrogens is 857 g/mol. The summed E-state index contributed by atoms with van der Waals surface area (Å²) < 4.78 is 105. The van der Waals surface area contributed by atoms with E-state index in [0.717, 1.165) is 50.1 Å². The van der Waals surface area contributed by atoms with Crippen molar-refractivity contribution >= 4 is 44.6 Å². The van der Waals surface area contributed by atoms with Crippen LogP contribution in [-0.4, -0.2) is 16.2 Å². The molecule has 0 aliphatic carbocycles. The van der Waals surface area contributed by atoms with Crippen LogP contribution < -0.4 is 19.3 Å². The van der Waals surface area contributed by atoms with Crippen molar-refractivity contribution < 1.29 is 23.2 Å². The smallest absolute Gasteiger partial charge is 0.141 e. The van der Waals surface area contributed by atoms with Crippen LogP contribution in [0.5, 0.6) is 23.0 Å². The Morgan fingerprint density at radius 1 is 0.543 bits per heavy atom. The number of hydrogen-bond acceptors (Lipinski definition) is 5. The normalized spacial score (nSPS) is 14.6. The number of benzene rings is 8. The second-order valence-electron chi connectivity index (χ2n) is 19.3. The van der Waals surface area contributed by atoms with Crippen LogP contribution in [0.1, 0.15) is 90.7 Å². The van der Waals surface area contributed by atoms with Crippen LogP contribution in [0.4, 0.5) is 22.7 Å². The van der Waals surface area contributed by atoms with Gasteiger partial charge in [0.05, 0.1) is 41.8 Å². The van der Waals surface area contributed by atoms with Crippen molar-refractivity contribution in [3.05, 3.63) is 217 Å². The third-order valence-corrected chi connectivity index (χ3v) is 13.0. The fourth-order valence-corrected chi connectivity index (χ4v) is 9.55. The quantitative estimate of drug-likeness (QED) is 0.129. The molecule has 10 aromatic rings. The highest BCUT2D eigenvalue weighted by molar-refractivity contribution is 6.09. The minimum atomic E-state index is -0.617. The van der Waals surface area contributed by atoms with E-state index in [1.54, 1.807) is 18.3 Å². The topological polar surface area (TPSA) is 42.8 Å². The molecule has 1 aliphatic heterocycles. The van der Waals surface area contributed by atoms with Crippen LogP contribution in [0.25, 0.3) is 49.9 Å². The molecule has 3 heterocycles. The van der Waals surface area contributed by atoms with Gasteiger partial charge in [-0.2, -0.15) is 0 Å². The Bertz CT molecular complexity index is 3980. The number of anilines is 4. The molecular formula is C64H58N4O2. The van der Waals surface area contributed by atoms with Crippen LogP contribution in [-0.2, 0) is 5.41 Å². The van der Waals surface area contributed by atoms with Crippen LogP contribution in [0.2, 0.25) is 0 Å². The standard InChI is InChI=1S/C64H58N4O2/c1-42(2)51-27-19-28-52(43(3)4)63(51)70-50-34-35-65-61(40-50)68-57-29-15-14-26-53(57)54-33-32-49(39-60(54)68)69-48-25-18-24-47(38-48)66-41-67(59-31-17-16-30-58(59)66)62-55(44-20-10-8-11-21-44)36-46(64(5,6)7)37-56(62)45-22-12-9-13-23-45/h8-40,42-43H,41H2,1-7H3/i8D,9D,10D,11D,12D,13D,20D,21D,22D,23D. The number of fused-ring (bicyclic) bond motifs is 4. The molecule has 1 aliphatic rings. The van der Waals surface area contributed by atoms with Crippen molar-refractivity contribution in [3.63, 3.8) is 0 Å². The summed E-state index contributed by atoms with van der Waals surface area (Å²) in [6.07, 6.45) is 1.77. The summed E-state index contributed by atoms with van der Waals surface area (Å²) in [4.78, 5) is 8.88. The zero-order chi connectivity index (χ0) is 56.8. The van der Waals surface area contributed by atoms with Crippen molar-refractivity contribution in [2.75, 3.05) is 16.5 Å². The maximum absolute atomic E-state index is 9.28. The highest BCUT2D eigenvalue weighted by Crippen LogP contribution is 2.52. The van der Waals surface area contributed by atoms with E-state index in [-0.39, 0.29) is 40.8 Å². The predicted molar refractivity (Wildman–Crippen MR) is 291 cm³/mol. The van der Waals surface area contributed by atoms with Gasteiger partial charge < -0.3 is 19.3 Å². The van der Waals surface area contributed by atoms with Crippen LogP contribution in [0.3, 0.4) is 0 Å². The SMILES string of the molecule is [2H]c1c([2H])c([2H])c(-c2cc(C(C)(C)C)cc(-c3c([2H])c([2H])c([2H])c([2H])c3[2H])c2N2CN(c3cccc(Oc4ccc5c6ccccc6n(-c6cc(Oc7c(C(C)C)cccc7C(C)C)ccn6)c5c4)c3)c3ccccc32)c([2H])c1[2H]. The van der Waals surface area contributed by atoms with E-state index in [9.17, 15) is 5.48 Å². The molecule has 0 amide bonds. The second-order valence-corrected chi connectivity index (χ2v) is 19.3. The fourth-order valence-electron chi connectivity index (χ4n) is 9.55. The first kappa shape index (κ1) is 34.2. The first-order valence-corrected chi connectivity index (χ1v) is 23.7. The Morgan fingerprint density at radius 2 is 1.13 bits per heavy atom. The van der Waals surface area contributed by atoms with Gasteiger partial charge in [-0.1, -0.05) is 163 Å². The molecule has 0 saturated heterocycles. The molecule has 70 heavy (non-hydrogen) atoms. The number of rotatable bonds is 11. The van der Waals surface area contributed by atoms with Gasteiger partial charge >= 0.3 is 0 Å². The number of pyridine rings is 1. The van der Waals surface area contributed by atoms with Gasteiger partial charge in [0.1, 0.15) is 35.5 Å². The van der Waals surface area contributed by atoms with Crippen LogP contribution >= 0.6 is 0 Å². The molecule has 8 aromatic carbocycles. The zero-order valence-corrected chi connectivity index (χ0v) is 40.2. The van der Waals surface area contributed by atoms with Gasteiger partial charge in [-0.25, -0.2) is 4.98 Å². The van der Waals surface area contributed by atoms with Crippen molar-refractivity contribution in [1.82, 2.24) is 9.55 Å². The zero-order valence-electron chi connectivity index (χ0n) is 50.2. The van der Waals surface area contributed by atoms with Gasteiger partial charge in [-0.15, -0.1) is 0 Å². The Kier molecular flexibility index (Phi) is 8.85. The predicted octanol–water partition coefficient (Wildman–Crippen LogP) is 17.9. The van der Waals surface area contributed by atoms with Gasteiger partial charge in [-0.05, 0) is 106 Å². The summed E-state index contributed by atoms with van der Waals surface area (Å²) in [7, 11) is 0. The Labute approximate surface area is 426 Å². The van der Waals surface area contributed by atoms with Gasteiger partial charge in [0.2, 0.25) is 0 Å². The van der Waals surface area contributed by atoms with Crippen molar-refractivity contribution in [2.24, 2.45) is 0 Å². The Balaban J connectivity index is 1.02. The molecule has 6 nitrogen and oxygen atoms in total. The molecule has 2 aromatic heterocycles. The van der Waals surface area contributed by atoms with E-state index in [0.29, 0.717) is 40.0 Å². The lowest BCUT2D eigenvalue weighted by atomic mass is 9.82. The lowest BCUT2D eigenvalue weighted by Gasteiger charge is -2.30. The Hall–Kier alpha value is -8.09. The first-order chi connectivity index (χ1) is 38.1. The molecule has 0 atom stereocenters. The maximum atomic E-state index is 9.28. The van der Waals surface area contributed by atoms with Gasteiger partial charge in [0.25, 0.3) is 0 Å². The number of para-hydroxylation sites is 4. The largest absolute Gasteiger partial charge is 0.457 e. The summed E-state index contributed by atoms with van der Waals surface area (Å²) in [5, 5.41) is 2.06. The van der Waals surface area contributed by atoms with Gasteiger partial charge in [-0.3, -0.25) is 4.57 Å². The van der Waals surface area contributed by atoms with E-state index in [1.165, 1.54) is 0 Å². The lowest BCUT2D eigenvalue weighted by Crippen LogP contribution is -2.25. The fraction of sp³-hybridized carbons (Fsp3) is 0.172. The average Bonchev–Trinajstić information content (AvgIpc) is 4.18. The van der Waals surface area contributed by atoms with Gasteiger partial charge in [0.15, 0.2) is 0 Å². The highest BCUT2D eigenvalue weighted by Gasteiger charge is 2.33. The van der Waals surface area contributed by atoms with Crippen molar-refractivity contribution in [3.8, 4) is 51.1 Å². The summed E-state index contributed by atoms with van der Waals surface area (Å²) in [6, 6.07) is 38.4. The monoisotopic (exact) mass is 925 g/mol. The number of nitrogens with zero attached hydrogens (tertiary/aromatic N) is 4. The van der Waals surface area contributed by atoms with Crippen LogP contribution in [0.15, 0.2) is 200 Å². The first-order valence-electron chi connectivity index (χ1n) is 28.7. The summed E-state index contributed by atoms with van der Waals surface area (Å²) >= 11 is 0. The highest BCUT2D eigenvalue weighted by atomic mass is 16.5.